The number of piperazine rings is 1. The van der Waals surface area contributed by atoms with E-state index in [-0.39, 0.29) is 5.91 Å². The van der Waals surface area contributed by atoms with E-state index in [9.17, 15) is 4.79 Å². The van der Waals surface area contributed by atoms with Crippen LogP contribution in [0.15, 0.2) is 60.8 Å². The summed E-state index contributed by atoms with van der Waals surface area (Å²) < 4.78 is 10.6. The molecular formula is C23H24N4O3. The first-order valence-corrected chi connectivity index (χ1v) is 9.83. The molecule has 4 rings (SSSR count). The molecule has 0 unspecified atom stereocenters. The molecule has 2 heterocycles. The Balaban J connectivity index is 1.45. The maximum Gasteiger partial charge on any atom is 0.254 e. The highest BCUT2D eigenvalue weighted by Crippen LogP contribution is 2.24. The molecular weight excluding hydrogens is 380 g/mol. The summed E-state index contributed by atoms with van der Waals surface area (Å²) in [5.41, 5.74) is 1.55. The summed E-state index contributed by atoms with van der Waals surface area (Å²) in [6, 6.07) is 17.1. The van der Waals surface area contributed by atoms with E-state index >= 15 is 0 Å². The predicted molar refractivity (Wildman–Crippen MR) is 115 cm³/mol. The zero-order valence-electron chi connectivity index (χ0n) is 17.1. The second kappa shape index (κ2) is 8.82. The maximum absolute atomic E-state index is 13.0. The Morgan fingerprint density at radius 2 is 1.57 bits per heavy atom. The van der Waals surface area contributed by atoms with Gasteiger partial charge in [0.25, 0.3) is 5.91 Å². The molecule has 30 heavy (non-hydrogen) atoms. The first-order valence-electron chi connectivity index (χ1n) is 9.83. The van der Waals surface area contributed by atoms with Crippen LogP contribution in [0.4, 0.5) is 5.82 Å². The number of hydrogen-bond donors (Lipinski definition) is 0. The lowest BCUT2D eigenvalue weighted by Gasteiger charge is -2.35. The molecule has 0 radical (unpaired) electrons. The zero-order chi connectivity index (χ0) is 20.9. The molecule has 0 spiro atoms. The fourth-order valence-corrected chi connectivity index (χ4v) is 3.50. The van der Waals surface area contributed by atoms with Gasteiger partial charge in [-0.2, -0.15) is 0 Å². The standard InChI is InChI=1S/C23H24N4O3/c1-29-19-14-18(15-20(16-19)30-2)23(28)27-12-10-26(11-13-27)21-8-9-24-22(25-21)17-6-4-3-5-7-17/h3-9,14-16H,10-13H2,1-2H3. The minimum Gasteiger partial charge on any atom is -0.497 e. The van der Waals surface area contributed by atoms with Gasteiger partial charge in [-0.1, -0.05) is 30.3 Å². The van der Waals surface area contributed by atoms with Gasteiger partial charge >= 0.3 is 0 Å². The van der Waals surface area contributed by atoms with Crippen LogP contribution < -0.4 is 14.4 Å². The number of rotatable bonds is 5. The summed E-state index contributed by atoms with van der Waals surface area (Å²) in [5.74, 6) is 2.75. The first kappa shape index (κ1) is 19.7. The number of amides is 1. The summed E-state index contributed by atoms with van der Waals surface area (Å²) in [7, 11) is 3.15. The Morgan fingerprint density at radius 3 is 2.20 bits per heavy atom. The van der Waals surface area contributed by atoms with E-state index in [1.165, 1.54) is 0 Å². The summed E-state index contributed by atoms with van der Waals surface area (Å²) in [5, 5.41) is 0. The van der Waals surface area contributed by atoms with Gasteiger partial charge in [0.05, 0.1) is 14.2 Å². The van der Waals surface area contributed by atoms with E-state index < -0.39 is 0 Å². The van der Waals surface area contributed by atoms with E-state index in [1.807, 2.05) is 41.3 Å². The normalized spacial score (nSPS) is 13.8. The van der Waals surface area contributed by atoms with Crippen molar-refractivity contribution in [2.45, 2.75) is 0 Å². The third-order valence-corrected chi connectivity index (χ3v) is 5.16. The van der Waals surface area contributed by atoms with Gasteiger partial charge < -0.3 is 19.3 Å². The lowest BCUT2D eigenvalue weighted by molar-refractivity contribution is 0.0745. The molecule has 1 aliphatic rings. The first-order chi connectivity index (χ1) is 14.7. The summed E-state index contributed by atoms with van der Waals surface area (Å²) in [4.78, 5) is 26.1. The van der Waals surface area contributed by atoms with Crippen molar-refractivity contribution in [2.24, 2.45) is 0 Å². The third kappa shape index (κ3) is 4.20. The fraction of sp³-hybridized carbons (Fsp3) is 0.261. The molecule has 1 amide bonds. The molecule has 1 aliphatic heterocycles. The van der Waals surface area contributed by atoms with Crippen molar-refractivity contribution in [1.29, 1.82) is 0 Å². The van der Waals surface area contributed by atoms with Gasteiger partial charge in [0.1, 0.15) is 17.3 Å². The monoisotopic (exact) mass is 404 g/mol. The molecule has 0 saturated carbocycles. The van der Waals surface area contributed by atoms with E-state index in [0.29, 0.717) is 49.1 Å². The van der Waals surface area contributed by atoms with Crippen LogP contribution in [0.25, 0.3) is 11.4 Å². The van der Waals surface area contributed by atoms with Crippen LogP contribution in [0, 0.1) is 0 Å². The maximum atomic E-state index is 13.0. The largest absolute Gasteiger partial charge is 0.497 e. The minimum absolute atomic E-state index is 0.0282. The predicted octanol–water partition coefficient (Wildman–Crippen LogP) is 3.12. The van der Waals surface area contributed by atoms with Crippen molar-refractivity contribution in [2.75, 3.05) is 45.3 Å². The van der Waals surface area contributed by atoms with E-state index in [4.69, 9.17) is 14.5 Å². The van der Waals surface area contributed by atoms with E-state index in [1.54, 1.807) is 38.6 Å². The highest BCUT2D eigenvalue weighted by Gasteiger charge is 2.24. The molecule has 0 aliphatic carbocycles. The Morgan fingerprint density at radius 1 is 0.900 bits per heavy atom. The van der Waals surface area contributed by atoms with Gasteiger partial charge in [0.15, 0.2) is 5.82 Å². The summed E-state index contributed by atoms with van der Waals surface area (Å²) in [6.45, 7) is 2.64. The van der Waals surface area contributed by atoms with Gasteiger partial charge in [-0.25, -0.2) is 9.97 Å². The van der Waals surface area contributed by atoms with E-state index in [2.05, 4.69) is 9.88 Å². The van der Waals surface area contributed by atoms with Crippen LogP contribution in [0.2, 0.25) is 0 Å². The smallest absolute Gasteiger partial charge is 0.254 e. The summed E-state index contributed by atoms with van der Waals surface area (Å²) >= 11 is 0. The van der Waals surface area contributed by atoms with Crippen LogP contribution >= 0.6 is 0 Å². The Labute approximate surface area is 175 Å². The second-order valence-electron chi connectivity index (χ2n) is 6.99. The molecule has 1 aromatic heterocycles. The number of methoxy groups -OCH3 is 2. The molecule has 2 aromatic carbocycles. The summed E-state index contributed by atoms with van der Waals surface area (Å²) in [6.07, 6.45) is 1.78. The van der Waals surface area contributed by atoms with E-state index in [0.717, 1.165) is 11.4 Å². The molecule has 7 nitrogen and oxygen atoms in total. The highest BCUT2D eigenvalue weighted by atomic mass is 16.5. The topological polar surface area (TPSA) is 67.8 Å². The quantitative estimate of drug-likeness (QED) is 0.651. The van der Waals surface area contributed by atoms with Gasteiger partial charge in [-0.3, -0.25) is 4.79 Å². The number of carbonyl (C=O) groups is 1. The average Bonchev–Trinajstić information content (AvgIpc) is 2.84. The molecule has 1 saturated heterocycles. The van der Waals surface area contributed by atoms with Crippen LogP contribution in [0.3, 0.4) is 0 Å². The lowest BCUT2D eigenvalue weighted by atomic mass is 10.1. The van der Waals surface area contributed by atoms with Crippen LogP contribution in [0.5, 0.6) is 11.5 Å². The average molecular weight is 404 g/mol. The number of anilines is 1. The SMILES string of the molecule is COc1cc(OC)cc(C(=O)N2CCN(c3ccnc(-c4ccccc4)n3)CC2)c1. The Kier molecular flexibility index (Phi) is 5.79. The number of carbonyl (C=O) groups excluding carboxylic acids is 1. The number of nitrogens with zero attached hydrogens (tertiary/aromatic N) is 4. The lowest BCUT2D eigenvalue weighted by Crippen LogP contribution is -2.49. The van der Waals surface area contributed by atoms with Crippen molar-refractivity contribution in [1.82, 2.24) is 14.9 Å². The van der Waals surface area contributed by atoms with Gasteiger partial charge in [0.2, 0.25) is 0 Å². The number of benzene rings is 2. The number of aromatic nitrogens is 2. The number of ether oxygens (including phenoxy) is 2. The zero-order valence-corrected chi connectivity index (χ0v) is 17.1. The molecule has 7 heteroatoms. The highest BCUT2D eigenvalue weighted by molar-refractivity contribution is 5.95. The van der Waals surface area contributed by atoms with Gasteiger partial charge in [0, 0.05) is 49.6 Å². The molecule has 1 fully saturated rings. The fourth-order valence-electron chi connectivity index (χ4n) is 3.50. The van der Waals surface area contributed by atoms with Crippen molar-refractivity contribution >= 4 is 11.7 Å². The van der Waals surface area contributed by atoms with Crippen molar-refractivity contribution < 1.29 is 14.3 Å². The third-order valence-electron chi connectivity index (χ3n) is 5.16. The number of hydrogen-bond acceptors (Lipinski definition) is 6. The van der Waals surface area contributed by atoms with Crippen molar-refractivity contribution in [3.05, 3.63) is 66.4 Å². The van der Waals surface area contributed by atoms with Crippen LogP contribution in [-0.4, -0.2) is 61.2 Å². The Hall–Kier alpha value is -3.61. The van der Waals surface area contributed by atoms with Gasteiger partial charge in [-0.05, 0) is 18.2 Å². The van der Waals surface area contributed by atoms with Crippen molar-refractivity contribution in [3.63, 3.8) is 0 Å². The Bertz CT molecular complexity index is 996. The second-order valence-corrected chi connectivity index (χ2v) is 6.99. The van der Waals surface area contributed by atoms with Crippen LogP contribution in [-0.2, 0) is 0 Å². The van der Waals surface area contributed by atoms with Crippen LogP contribution in [0.1, 0.15) is 10.4 Å². The molecule has 3 aromatic rings. The molecule has 0 N–H and O–H groups in total. The molecule has 0 atom stereocenters. The van der Waals surface area contributed by atoms with Gasteiger partial charge in [-0.15, -0.1) is 0 Å². The minimum atomic E-state index is -0.0282. The molecule has 0 bridgehead atoms. The molecule has 154 valence electrons. The van der Waals surface area contributed by atoms with Crippen molar-refractivity contribution in [3.8, 4) is 22.9 Å².